The maximum atomic E-state index is 14.3. The number of ether oxygens (including phenoxy) is 2. The number of benzene rings is 2. The Morgan fingerprint density at radius 3 is 2.08 bits per heavy atom. The van der Waals surface area contributed by atoms with Crippen LogP contribution in [0.2, 0.25) is 0 Å². The number of allylic oxidation sites excluding steroid dienone is 1. The molecule has 0 aliphatic heterocycles. The van der Waals surface area contributed by atoms with Gasteiger partial charge in [-0.05, 0) is 42.9 Å². The average molecular weight is 706 g/mol. The number of aliphatic hydroxyl groups is 1. The van der Waals surface area contributed by atoms with Crippen LogP contribution in [-0.4, -0.2) is 66.5 Å². The molecule has 0 aliphatic rings. The van der Waals surface area contributed by atoms with E-state index in [2.05, 4.69) is 12.2 Å². The highest BCUT2D eigenvalue weighted by atomic mass is 19.3. The van der Waals surface area contributed by atoms with E-state index in [0.717, 1.165) is 32.8 Å². The van der Waals surface area contributed by atoms with Crippen molar-refractivity contribution in [2.45, 2.75) is 114 Å². The molecule has 3 N–H and O–H groups in total. The van der Waals surface area contributed by atoms with Gasteiger partial charge in [-0.3, -0.25) is 4.79 Å². The van der Waals surface area contributed by atoms with E-state index in [1.54, 1.807) is 48.5 Å². The van der Waals surface area contributed by atoms with Gasteiger partial charge < -0.3 is 25.0 Å². The first-order valence-electron chi connectivity index (χ1n) is 17.6. The number of aliphatic carboxylic acids is 1. The lowest BCUT2D eigenvalue weighted by Crippen LogP contribution is -2.55. The highest BCUT2D eigenvalue weighted by Gasteiger charge is 2.47. The summed E-state index contributed by atoms with van der Waals surface area (Å²) in [6, 6.07) is 11.8. The third kappa shape index (κ3) is 14.3. The Hall–Kier alpha value is -3.70. The number of carboxylic acids is 1. The second-order valence-electron chi connectivity index (χ2n) is 12.8. The second-order valence-corrected chi connectivity index (χ2v) is 12.8. The summed E-state index contributed by atoms with van der Waals surface area (Å²) in [5.74, 6) is -7.97. The molecule has 0 saturated heterocycles. The molecule has 2 aromatic carbocycles. The fraction of sp³-hybridized carbons (Fsp3) is 0.564. The number of nitrogens with one attached hydrogen (secondary N) is 1. The molecule has 2 rings (SSSR count). The quantitative estimate of drug-likeness (QED) is 0.0543. The van der Waals surface area contributed by atoms with Crippen molar-refractivity contribution >= 4 is 17.8 Å². The third-order valence-corrected chi connectivity index (χ3v) is 8.87. The van der Waals surface area contributed by atoms with Crippen LogP contribution < -0.4 is 5.32 Å². The highest BCUT2D eigenvalue weighted by Crippen LogP contribution is 2.29. The molecule has 0 radical (unpaired) electrons. The summed E-state index contributed by atoms with van der Waals surface area (Å²) in [7, 11) is 2.49. The summed E-state index contributed by atoms with van der Waals surface area (Å²) in [5.41, 5.74) is -0.918. The lowest BCUT2D eigenvalue weighted by Gasteiger charge is -2.30. The smallest absolute Gasteiger partial charge is 0.336 e. The van der Waals surface area contributed by atoms with Gasteiger partial charge in [-0.15, -0.1) is 0 Å². The summed E-state index contributed by atoms with van der Waals surface area (Å²) >= 11 is 0. The molecule has 0 heterocycles. The minimum Gasteiger partial charge on any atom is -0.479 e. The number of amides is 1. The lowest BCUT2D eigenvalue weighted by molar-refractivity contribution is -0.169. The van der Waals surface area contributed by atoms with Gasteiger partial charge in [0, 0.05) is 45.0 Å². The number of hydrogen-bond donors (Lipinski definition) is 3. The van der Waals surface area contributed by atoms with Gasteiger partial charge in [0.15, 0.2) is 5.60 Å². The number of alkyl halides is 2. The summed E-state index contributed by atoms with van der Waals surface area (Å²) in [6.07, 6.45) is 9.42. The van der Waals surface area contributed by atoms with Crippen LogP contribution in [0, 0.1) is 11.7 Å². The van der Waals surface area contributed by atoms with Crippen LogP contribution >= 0.6 is 0 Å². The first-order valence-corrected chi connectivity index (χ1v) is 17.6. The Balaban J connectivity index is 2.07. The topological polar surface area (TPSA) is 122 Å². The molecule has 50 heavy (non-hydrogen) atoms. The largest absolute Gasteiger partial charge is 0.479 e. The number of halogens is 3. The molecular formula is C39H54F3NO7. The van der Waals surface area contributed by atoms with Crippen LogP contribution in [0.25, 0.3) is 11.1 Å². The van der Waals surface area contributed by atoms with Crippen molar-refractivity contribution in [2.24, 2.45) is 5.92 Å². The zero-order valence-electron chi connectivity index (χ0n) is 29.6. The molecule has 0 aliphatic carbocycles. The number of hydrogen-bond acceptors (Lipinski definition) is 6. The monoisotopic (exact) mass is 705 g/mol. The van der Waals surface area contributed by atoms with Gasteiger partial charge in [0.05, 0.1) is 13.0 Å². The highest BCUT2D eigenvalue weighted by molar-refractivity contribution is 5.92. The van der Waals surface area contributed by atoms with E-state index in [-0.39, 0.29) is 31.7 Å². The number of carboxylic acid groups (broad SMARTS) is 1. The molecule has 2 aromatic rings. The Bertz CT molecular complexity index is 1350. The molecule has 0 bridgehead atoms. The zero-order valence-corrected chi connectivity index (χ0v) is 29.6. The van der Waals surface area contributed by atoms with Crippen molar-refractivity contribution < 1.29 is 47.2 Å². The lowest BCUT2D eigenvalue weighted by atomic mass is 9.83. The van der Waals surface area contributed by atoms with Crippen molar-refractivity contribution in [1.82, 2.24) is 5.32 Å². The Morgan fingerprint density at radius 1 is 0.880 bits per heavy atom. The molecule has 0 fully saturated rings. The van der Waals surface area contributed by atoms with Crippen LogP contribution in [0.4, 0.5) is 13.2 Å². The van der Waals surface area contributed by atoms with Crippen LogP contribution in [0.15, 0.2) is 60.7 Å². The Morgan fingerprint density at radius 2 is 1.50 bits per heavy atom. The van der Waals surface area contributed by atoms with Crippen molar-refractivity contribution in [2.75, 3.05) is 20.8 Å². The van der Waals surface area contributed by atoms with Crippen molar-refractivity contribution in [3.63, 3.8) is 0 Å². The summed E-state index contributed by atoms with van der Waals surface area (Å²) < 4.78 is 52.6. The molecule has 0 unspecified atom stereocenters. The zero-order chi connectivity index (χ0) is 37.0. The van der Waals surface area contributed by atoms with Crippen molar-refractivity contribution in [3.05, 3.63) is 72.1 Å². The fourth-order valence-corrected chi connectivity index (χ4v) is 5.81. The molecule has 8 nitrogen and oxygen atoms in total. The molecule has 1 amide bonds. The van der Waals surface area contributed by atoms with E-state index in [9.17, 15) is 37.8 Å². The normalized spacial score (nSPS) is 14.2. The van der Waals surface area contributed by atoms with E-state index in [0.29, 0.717) is 55.2 Å². The standard InChI is InChI=1S/C39H54F3NO7/c1-4-5-6-10-15-24-38(41,42)25-16-11-8-7-9-12-18-32(39(48,37(46)47)26-27-49-2)35(44)43-34(36(45)50-3)28-29-20-22-30(23-21-29)31-17-13-14-19-33(31)40/h12-14,17-23,32,34,48H,4-11,15-16,24-28H2,1-3H3,(H,43,44)(H,46,47)/t32-,34+,39+/m1/s1. The number of carbonyl (C=O) groups excluding carboxylic acids is 2. The number of rotatable bonds is 25. The molecule has 0 aromatic heterocycles. The van der Waals surface area contributed by atoms with Crippen molar-refractivity contribution in [1.29, 1.82) is 0 Å². The van der Waals surface area contributed by atoms with Gasteiger partial charge in [-0.25, -0.2) is 22.8 Å². The minimum absolute atomic E-state index is 0.0200. The van der Waals surface area contributed by atoms with E-state index in [1.165, 1.54) is 19.3 Å². The molecule has 3 atom stereocenters. The maximum Gasteiger partial charge on any atom is 0.336 e. The van der Waals surface area contributed by atoms with Crippen LogP contribution in [-0.2, 0) is 30.3 Å². The Kier molecular flexibility index (Phi) is 18.8. The van der Waals surface area contributed by atoms with E-state index in [4.69, 9.17) is 9.47 Å². The summed E-state index contributed by atoms with van der Waals surface area (Å²) in [5, 5.41) is 23.8. The van der Waals surface area contributed by atoms with Gasteiger partial charge >= 0.3 is 11.9 Å². The molecule has 0 spiro atoms. The summed E-state index contributed by atoms with van der Waals surface area (Å²) in [4.78, 5) is 38.7. The van der Waals surface area contributed by atoms with E-state index >= 15 is 0 Å². The first-order chi connectivity index (χ1) is 23.9. The predicted molar refractivity (Wildman–Crippen MR) is 187 cm³/mol. The molecular weight excluding hydrogens is 651 g/mol. The predicted octanol–water partition coefficient (Wildman–Crippen LogP) is 8.05. The molecule has 278 valence electrons. The number of unbranched alkanes of at least 4 members (excludes halogenated alkanes) is 8. The minimum atomic E-state index is -2.66. The SMILES string of the molecule is CCCCCCCC(F)(F)CCCCCCC=C[C@H](C(=O)N[C@@H](Cc1ccc(-c2ccccc2F)cc1)C(=O)OC)[C@@](O)(CCOC)C(=O)O. The summed E-state index contributed by atoms with van der Waals surface area (Å²) in [6.45, 7) is 1.93. The van der Waals surface area contributed by atoms with Gasteiger partial charge in [0.1, 0.15) is 11.9 Å². The number of esters is 1. The maximum absolute atomic E-state index is 14.3. The van der Waals surface area contributed by atoms with Crippen LogP contribution in [0.5, 0.6) is 0 Å². The molecule has 0 saturated carbocycles. The Labute approximate surface area is 294 Å². The van der Waals surface area contributed by atoms with Crippen LogP contribution in [0.3, 0.4) is 0 Å². The second kappa shape index (κ2) is 22.2. The van der Waals surface area contributed by atoms with Gasteiger partial charge in [-0.2, -0.15) is 0 Å². The van der Waals surface area contributed by atoms with Crippen LogP contribution in [0.1, 0.15) is 96.0 Å². The number of carbonyl (C=O) groups is 3. The average Bonchev–Trinajstić information content (AvgIpc) is 3.09. The number of methoxy groups -OCH3 is 2. The first kappa shape index (κ1) is 42.5. The third-order valence-electron chi connectivity index (χ3n) is 8.87. The van der Waals surface area contributed by atoms with Gasteiger partial charge in [0.25, 0.3) is 0 Å². The van der Waals surface area contributed by atoms with Crippen molar-refractivity contribution in [3.8, 4) is 11.1 Å². The molecule has 11 heteroatoms. The van der Waals surface area contributed by atoms with Gasteiger partial charge in [0.2, 0.25) is 11.8 Å². The van der Waals surface area contributed by atoms with E-state index in [1.807, 2.05) is 0 Å². The van der Waals surface area contributed by atoms with Gasteiger partial charge in [-0.1, -0.05) is 100 Å². The fourth-order valence-electron chi connectivity index (χ4n) is 5.81. The van der Waals surface area contributed by atoms with E-state index < -0.39 is 47.7 Å².